The van der Waals surface area contributed by atoms with Crippen molar-refractivity contribution in [2.75, 3.05) is 5.32 Å². The Balaban J connectivity index is 0.00000124. The third-order valence-corrected chi connectivity index (χ3v) is 8.20. The fraction of sp³-hybridized carbons (Fsp3) is 0.111. The van der Waals surface area contributed by atoms with Gasteiger partial charge in [0.05, 0.1) is 11.1 Å². The van der Waals surface area contributed by atoms with Gasteiger partial charge < -0.3 is 14.8 Å². The molecule has 3 heteroatoms. The highest BCUT2D eigenvalue weighted by Crippen LogP contribution is 2.58. The maximum absolute atomic E-state index is 6.45. The van der Waals surface area contributed by atoms with Crippen LogP contribution in [0.25, 0.3) is 11.1 Å². The first-order chi connectivity index (χ1) is 19.3. The molecule has 8 rings (SSSR count). The van der Waals surface area contributed by atoms with Gasteiger partial charge in [-0.15, -0.1) is 13.2 Å². The summed E-state index contributed by atoms with van der Waals surface area (Å²) in [5.41, 5.74) is 10.9. The van der Waals surface area contributed by atoms with Crippen molar-refractivity contribution in [3.63, 3.8) is 0 Å². The number of ether oxygens (including phenoxy) is 2. The van der Waals surface area contributed by atoms with E-state index in [0.717, 1.165) is 23.6 Å². The molecule has 0 bridgehead atoms. The van der Waals surface area contributed by atoms with Gasteiger partial charge in [0.25, 0.3) is 0 Å². The Morgan fingerprint density at radius 1 is 0.641 bits per heavy atom. The lowest BCUT2D eigenvalue weighted by molar-refractivity contribution is 0.260. The molecule has 0 radical (unpaired) electrons. The summed E-state index contributed by atoms with van der Waals surface area (Å²) in [7, 11) is 0. The van der Waals surface area contributed by atoms with Crippen LogP contribution < -0.4 is 14.8 Å². The van der Waals surface area contributed by atoms with E-state index in [2.05, 4.69) is 116 Å². The van der Waals surface area contributed by atoms with Crippen LogP contribution in [0.2, 0.25) is 0 Å². The Morgan fingerprint density at radius 3 is 2.15 bits per heavy atom. The second-order valence-electron chi connectivity index (χ2n) is 10.1. The van der Waals surface area contributed by atoms with Gasteiger partial charge in [0.2, 0.25) is 0 Å². The van der Waals surface area contributed by atoms with Crippen LogP contribution in [0.15, 0.2) is 128 Å². The average molecular weight is 508 g/mol. The summed E-state index contributed by atoms with van der Waals surface area (Å²) in [6.07, 6.45) is 0.585. The van der Waals surface area contributed by atoms with Gasteiger partial charge in [-0.25, -0.2) is 0 Å². The molecule has 2 unspecified atom stereocenters. The van der Waals surface area contributed by atoms with E-state index in [1.807, 2.05) is 18.2 Å². The Labute approximate surface area is 229 Å². The third kappa shape index (κ3) is 3.43. The zero-order chi connectivity index (χ0) is 26.4. The molecule has 1 N–H and O–H groups in total. The minimum Gasteiger partial charge on any atom is -0.489 e. The van der Waals surface area contributed by atoms with Crippen molar-refractivity contribution in [1.82, 2.24) is 0 Å². The van der Waals surface area contributed by atoms with Gasteiger partial charge in [-0.05, 0) is 63.6 Å². The van der Waals surface area contributed by atoms with Crippen LogP contribution in [0.5, 0.6) is 11.5 Å². The first kappa shape index (κ1) is 23.4. The molecule has 1 spiro atoms. The number of anilines is 1. The Bertz CT molecular complexity index is 1680. The number of rotatable bonds is 1. The van der Waals surface area contributed by atoms with Crippen LogP contribution in [-0.4, -0.2) is 0 Å². The van der Waals surface area contributed by atoms with Gasteiger partial charge in [0.1, 0.15) is 18.1 Å². The second-order valence-corrected chi connectivity index (χ2v) is 10.1. The largest absolute Gasteiger partial charge is 0.489 e. The average Bonchev–Trinajstić information content (AvgIpc) is 3.55. The molecule has 190 valence electrons. The van der Waals surface area contributed by atoms with E-state index in [-0.39, 0.29) is 11.6 Å². The van der Waals surface area contributed by atoms with Crippen molar-refractivity contribution in [2.24, 2.45) is 0 Å². The first-order valence-electron chi connectivity index (χ1n) is 13.4. The fourth-order valence-electron chi connectivity index (χ4n) is 6.66. The van der Waals surface area contributed by atoms with Crippen LogP contribution in [0.4, 0.5) is 5.69 Å². The minimum absolute atomic E-state index is 0.241. The highest BCUT2D eigenvalue weighted by atomic mass is 16.5. The fourth-order valence-corrected chi connectivity index (χ4v) is 6.66. The van der Waals surface area contributed by atoms with E-state index < -0.39 is 0 Å². The van der Waals surface area contributed by atoms with Crippen LogP contribution in [0.1, 0.15) is 39.6 Å². The lowest BCUT2D eigenvalue weighted by Crippen LogP contribution is -2.33. The monoisotopic (exact) mass is 507 g/mol. The predicted molar refractivity (Wildman–Crippen MR) is 157 cm³/mol. The normalized spacial score (nSPS) is 19.2. The van der Waals surface area contributed by atoms with Crippen molar-refractivity contribution in [3.8, 4) is 22.6 Å². The van der Waals surface area contributed by atoms with Gasteiger partial charge in [0.15, 0.2) is 6.23 Å². The molecule has 0 fully saturated rings. The highest BCUT2D eigenvalue weighted by Gasteiger charge is 2.48. The Morgan fingerprint density at radius 2 is 1.31 bits per heavy atom. The van der Waals surface area contributed by atoms with E-state index in [0.29, 0.717) is 6.61 Å². The van der Waals surface area contributed by atoms with Crippen LogP contribution in [0.3, 0.4) is 0 Å². The van der Waals surface area contributed by atoms with E-state index >= 15 is 0 Å². The number of para-hydroxylation sites is 3. The zero-order valence-electron chi connectivity index (χ0n) is 21.7. The predicted octanol–water partition coefficient (Wildman–Crippen LogP) is 8.44. The lowest BCUT2D eigenvalue weighted by Gasteiger charge is -2.37. The van der Waals surface area contributed by atoms with Gasteiger partial charge in [-0.2, -0.15) is 0 Å². The molecule has 0 saturated heterocycles. The molecule has 39 heavy (non-hydrogen) atoms. The first-order valence-corrected chi connectivity index (χ1v) is 13.4. The maximum Gasteiger partial charge on any atom is 0.197 e. The lowest BCUT2D eigenvalue weighted by atomic mass is 9.67. The molecular formula is C36H29NO2. The SMILES string of the molecule is C=C.c1ccc2c(c1)CC1(c3ccccc3CO2)c2ccccc2-c2c(C3Nc4ccccc4O3)cccc21. The molecule has 1 aliphatic carbocycles. The highest BCUT2D eigenvalue weighted by molar-refractivity contribution is 5.87. The molecular weight excluding hydrogens is 478 g/mol. The molecule has 5 aromatic rings. The summed E-state index contributed by atoms with van der Waals surface area (Å²) in [5, 5.41) is 3.62. The topological polar surface area (TPSA) is 30.5 Å². The molecule has 5 aromatic carbocycles. The van der Waals surface area contributed by atoms with Crippen LogP contribution >= 0.6 is 0 Å². The maximum atomic E-state index is 6.45. The van der Waals surface area contributed by atoms with Gasteiger partial charge >= 0.3 is 0 Å². The summed E-state index contributed by atoms with van der Waals surface area (Å²) in [6.45, 7) is 6.55. The van der Waals surface area contributed by atoms with Crippen molar-refractivity contribution < 1.29 is 9.47 Å². The molecule has 0 aromatic heterocycles. The molecule has 3 aliphatic rings. The van der Waals surface area contributed by atoms with E-state index in [9.17, 15) is 0 Å². The molecule has 2 atom stereocenters. The summed E-state index contributed by atoms with van der Waals surface area (Å²) in [5.74, 6) is 1.86. The van der Waals surface area contributed by atoms with Crippen molar-refractivity contribution in [2.45, 2.75) is 24.7 Å². The van der Waals surface area contributed by atoms with Crippen molar-refractivity contribution in [1.29, 1.82) is 0 Å². The van der Waals surface area contributed by atoms with Gasteiger partial charge in [0, 0.05) is 5.56 Å². The smallest absolute Gasteiger partial charge is 0.197 e. The van der Waals surface area contributed by atoms with Gasteiger partial charge in [-0.1, -0.05) is 97.1 Å². The van der Waals surface area contributed by atoms with Crippen LogP contribution in [-0.2, 0) is 18.4 Å². The summed E-state index contributed by atoms with van der Waals surface area (Å²) in [4.78, 5) is 0. The molecule has 2 heterocycles. The zero-order valence-corrected chi connectivity index (χ0v) is 21.7. The summed E-state index contributed by atoms with van der Waals surface area (Å²) in [6, 6.07) is 41.1. The van der Waals surface area contributed by atoms with Gasteiger partial charge in [-0.3, -0.25) is 0 Å². The number of hydrogen-bond donors (Lipinski definition) is 1. The summed E-state index contributed by atoms with van der Waals surface area (Å²) < 4.78 is 12.8. The number of nitrogens with one attached hydrogen (secondary N) is 1. The molecule has 0 saturated carbocycles. The Kier molecular flexibility index (Phi) is 5.52. The number of hydrogen-bond acceptors (Lipinski definition) is 3. The van der Waals surface area contributed by atoms with Crippen LogP contribution in [0, 0.1) is 0 Å². The molecule has 3 nitrogen and oxygen atoms in total. The van der Waals surface area contributed by atoms with Crippen molar-refractivity contribution in [3.05, 3.63) is 162 Å². The minimum atomic E-state index is -0.329. The Hall–Kier alpha value is -4.76. The molecule has 0 amide bonds. The van der Waals surface area contributed by atoms with E-state index in [4.69, 9.17) is 9.47 Å². The van der Waals surface area contributed by atoms with E-state index in [1.165, 1.54) is 44.5 Å². The quantitative estimate of drug-likeness (QED) is 0.231. The molecule has 2 aliphatic heterocycles. The van der Waals surface area contributed by atoms with E-state index in [1.54, 1.807) is 0 Å². The number of benzene rings is 5. The summed E-state index contributed by atoms with van der Waals surface area (Å²) >= 11 is 0. The third-order valence-electron chi connectivity index (χ3n) is 8.20. The number of fused-ring (bicyclic) bond motifs is 9. The second kappa shape index (κ2) is 9.21. The van der Waals surface area contributed by atoms with Crippen molar-refractivity contribution >= 4 is 5.69 Å². The standard InChI is InChI=1S/C34H25NO2.C2H4/c1-4-14-26-23(11-1)21-36-30-18-7-2-10-22(30)20-34(26)27-15-5-3-12-24(27)32-25(13-9-16-28(32)34)33-35-29-17-6-8-19-31(29)37-33;1-2/h1-19,33,35H,20-21H2;1-2H2.